The van der Waals surface area contributed by atoms with Gasteiger partial charge in [-0.05, 0) is 32.2 Å². The summed E-state index contributed by atoms with van der Waals surface area (Å²) in [4.78, 5) is 2.52. The smallest absolute Gasteiger partial charge is 0.0701 e. The van der Waals surface area contributed by atoms with Crippen LogP contribution in [0.25, 0.3) is 0 Å². The topological polar surface area (TPSA) is 51.2 Å². The van der Waals surface area contributed by atoms with Gasteiger partial charge in [-0.15, -0.1) is 0 Å². The normalized spacial score (nSPS) is 30.3. The van der Waals surface area contributed by atoms with Crippen molar-refractivity contribution in [1.82, 2.24) is 4.90 Å². The molecule has 0 aromatic heterocycles. The number of hydrogen-bond donors (Lipinski definition) is 1. The van der Waals surface area contributed by atoms with Crippen LogP contribution in [0.5, 0.6) is 0 Å². The fourth-order valence-electron chi connectivity index (χ4n) is 3.68. The molecule has 21 heavy (non-hydrogen) atoms. The van der Waals surface area contributed by atoms with Crippen molar-refractivity contribution in [3.63, 3.8) is 0 Å². The molecule has 2 fully saturated rings. The standard InChI is InChI=1S/C16H31NO4/c1-19-10-11-21-13-12-20-9-8-17-7-3-5-15(17)14-4-2-6-16(14)18/h14-16,18H,2-13H2,1H3. The molecule has 1 saturated heterocycles. The van der Waals surface area contributed by atoms with E-state index in [0.29, 0.717) is 38.4 Å². The van der Waals surface area contributed by atoms with Crippen LogP contribution in [0.4, 0.5) is 0 Å². The van der Waals surface area contributed by atoms with Gasteiger partial charge in [0.15, 0.2) is 0 Å². The van der Waals surface area contributed by atoms with Gasteiger partial charge in [-0.2, -0.15) is 0 Å². The number of rotatable bonds is 10. The first kappa shape index (κ1) is 17.2. The first-order valence-electron chi connectivity index (χ1n) is 8.39. The molecule has 2 rings (SSSR count). The Morgan fingerprint density at radius 1 is 0.952 bits per heavy atom. The summed E-state index contributed by atoms with van der Waals surface area (Å²) in [5.74, 6) is 0.491. The SMILES string of the molecule is COCCOCCOCCN1CCCC1C1CCCC1O. The number of aliphatic hydroxyl groups excluding tert-OH is 1. The van der Waals surface area contributed by atoms with Crippen molar-refractivity contribution in [2.75, 3.05) is 53.2 Å². The van der Waals surface area contributed by atoms with E-state index in [0.717, 1.165) is 26.1 Å². The summed E-state index contributed by atoms with van der Waals surface area (Å²) in [5.41, 5.74) is 0. The average Bonchev–Trinajstić information content (AvgIpc) is 3.10. The van der Waals surface area contributed by atoms with E-state index in [2.05, 4.69) is 4.90 Å². The lowest BCUT2D eigenvalue weighted by Gasteiger charge is -2.31. The van der Waals surface area contributed by atoms with Crippen molar-refractivity contribution >= 4 is 0 Å². The predicted octanol–water partition coefficient (Wildman–Crippen LogP) is 1.29. The van der Waals surface area contributed by atoms with E-state index in [-0.39, 0.29) is 6.10 Å². The molecule has 0 aromatic rings. The van der Waals surface area contributed by atoms with Gasteiger partial charge in [0.05, 0.1) is 39.1 Å². The zero-order valence-corrected chi connectivity index (χ0v) is 13.3. The lowest BCUT2D eigenvalue weighted by Crippen LogP contribution is -2.40. The molecule has 0 amide bonds. The molecular formula is C16H31NO4. The Kier molecular flexibility index (Phi) is 7.96. The first-order valence-corrected chi connectivity index (χ1v) is 8.39. The fourth-order valence-corrected chi connectivity index (χ4v) is 3.68. The number of methoxy groups -OCH3 is 1. The van der Waals surface area contributed by atoms with E-state index in [1.165, 1.54) is 25.7 Å². The molecule has 0 radical (unpaired) electrons. The molecule has 0 aromatic carbocycles. The van der Waals surface area contributed by atoms with E-state index >= 15 is 0 Å². The Labute approximate surface area is 128 Å². The minimum atomic E-state index is -0.0781. The molecule has 124 valence electrons. The van der Waals surface area contributed by atoms with Crippen LogP contribution in [0.15, 0.2) is 0 Å². The summed E-state index contributed by atoms with van der Waals surface area (Å²) >= 11 is 0. The van der Waals surface area contributed by atoms with Crippen LogP contribution < -0.4 is 0 Å². The van der Waals surface area contributed by atoms with Crippen molar-refractivity contribution in [3.05, 3.63) is 0 Å². The third-order valence-electron chi connectivity index (χ3n) is 4.77. The number of hydrogen-bond acceptors (Lipinski definition) is 5. The largest absolute Gasteiger partial charge is 0.393 e. The van der Waals surface area contributed by atoms with Gasteiger partial charge in [0.2, 0.25) is 0 Å². The second-order valence-electron chi connectivity index (χ2n) is 6.13. The number of likely N-dealkylation sites (tertiary alicyclic amines) is 1. The van der Waals surface area contributed by atoms with Gasteiger partial charge >= 0.3 is 0 Å². The molecule has 1 saturated carbocycles. The van der Waals surface area contributed by atoms with Crippen LogP contribution in [0.3, 0.4) is 0 Å². The lowest BCUT2D eigenvalue weighted by atomic mass is 9.94. The highest BCUT2D eigenvalue weighted by Crippen LogP contribution is 2.35. The van der Waals surface area contributed by atoms with Crippen LogP contribution in [-0.4, -0.2) is 75.4 Å². The second-order valence-corrected chi connectivity index (χ2v) is 6.13. The third kappa shape index (κ3) is 5.49. The van der Waals surface area contributed by atoms with Gasteiger partial charge in [-0.1, -0.05) is 6.42 Å². The van der Waals surface area contributed by atoms with Crippen molar-refractivity contribution < 1.29 is 19.3 Å². The summed E-state index contributed by atoms with van der Waals surface area (Å²) in [6.07, 6.45) is 5.79. The van der Waals surface area contributed by atoms with Gasteiger partial charge in [-0.3, -0.25) is 4.90 Å². The maximum absolute atomic E-state index is 10.1. The second kappa shape index (κ2) is 9.74. The molecule has 0 spiro atoms. The molecule has 1 aliphatic carbocycles. The van der Waals surface area contributed by atoms with Crippen LogP contribution >= 0.6 is 0 Å². The van der Waals surface area contributed by atoms with Crippen molar-refractivity contribution in [3.8, 4) is 0 Å². The average molecular weight is 301 g/mol. The Balaban J connectivity index is 1.55. The molecule has 1 N–H and O–H groups in total. The zero-order valence-electron chi connectivity index (χ0n) is 13.3. The fraction of sp³-hybridized carbons (Fsp3) is 1.00. The summed E-state index contributed by atoms with van der Waals surface area (Å²) < 4.78 is 15.9. The molecule has 3 atom stereocenters. The molecule has 3 unspecified atom stereocenters. The van der Waals surface area contributed by atoms with E-state index in [9.17, 15) is 5.11 Å². The minimum Gasteiger partial charge on any atom is -0.393 e. The van der Waals surface area contributed by atoms with Crippen LogP contribution in [-0.2, 0) is 14.2 Å². The number of nitrogens with zero attached hydrogens (tertiary/aromatic N) is 1. The summed E-state index contributed by atoms with van der Waals surface area (Å²) in [6, 6.07) is 0.573. The highest BCUT2D eigenvalue weighted by molar-refractivity contribution is 4.91. The van der Waals surface area contributed by atoms with Gasteiger partial charge < -0.3 is 19.3 Å². The molecule has 2 aliphatic rings. The Bertz CT molecular complexity index is 277. The van der Waals surface area contributed by atoms with E-state index in [4.69, 9.17) is 14.2 Å². The maximum Gasteiger partial charge on any atom is 0.0701 e. The molecule has 1 heterocycles. The van der Waals surface area contributed by atoms with Crippen molar-refractivity contribution in [2.45, 2.75) is 44.2 Å². The Morgan fingerprint density at radius 2 is 1.71 bits per heavy atom. The van der Waals surface area contributed by atoms with Gasteiger partial charge in [0.25, 0.3) is 0 Å². The summed E-state index contributed by atoms with van der Waals surface area (Å²) in [7, 11) is 1.67. The van der Waals surface area contributed by atoms with E-state index in [1.807, 2.05) is 0 Å². The molecule has 1 aliphatic heterocycles. The summed E-state index contributed by atoms with van der Waals surface area (Å²) in [6.45, 7) is 5.44. The van der Waals surface area contributed by atoms with Crippen LogP contribution in [0.2, 0.25) is 0 Å². The van der Waals surface area contributed by atoms with Crippen molar-refractivity contribution in [2.24, 2.45) is 5.92 Å². The Hall–Kier alpha value is -0.200. The van der Waals surface area contributed by atoms with Crippen LogP contribution in [0, 0.1) is 5.92 Å². The number of aliphatic hydroxyl groups is 1. The zero-order chi connectivity index (χ0) is 14.9. The highest BCUT2D eigenvalue weighted by atomic mass is 16.5. The van der Waals surface area contributed by atoms with Crippen molar-refractivity contribution in [1.29, 1.82) is 0 Å². The molecular weight excluding hydrogens is 270 g/mol. The Morgan fingerprint density at radius 3 is 2.43 bits per heavy atom. The maximum atomic E-state index is 10.1. The van der Waals surface area contributed by atoms with Gasteiger partial charge in [0, 0.05) is 25.6 Å². The lowest BCUT2D eigenvalue weighted by molar-refractivity contribution is 0.0130. The highest BCUT2D eigenvalue weighted by Gasteiger charge is 2.37. The first-order chi connectivity index (χ1) is 10.3. The predicted molar refractivity (Wildman–Crippen MR) is 81.5 cm³/mol. The summed E-state index contributed by atoms with van der Waals surface area (Å²) in [5, 5.41) is 10.1. The van der Waals surface area contributed by atoms with E-state index in [1.54, 1.807) is 7.11 Å². The minimum absolute atomic E-state index is 0.0781. The third-order valence-corrected chi connectivity index (χ3v) is 4.77. The van der Waals surface area contributed by atoms with Gasteiger partial charge in [-0.25, -0.2) is 0 Å². The quantitative estimate of drug-likeness (QED) is 0.616. The molecule has 5 heteroatoms. The molecule has 5 nitrogen and oxygen atoms in total. The van der Waals surface area contributed by atoms with Crippen LogP contribution in [0.1, 0.15) is 32.1 Å². The molecule has 0 bridgehead atoms. The van der Waals surface area contributed by atoms with Gasteiger partial charge in [0.1, 0.15) is 0 Å². The monoisotopic (exact) mass is 301 g/mol. The number of ether oxygens (including phenoxy) is 3. The van der Waals surface area contributed by atoms with E-state index < -0.39 is 0 Å².